The van der Waals surface area contributed by atoms with Crippen molar-refractivity contribution in [3.05, 3.63) is 101 Å². The highest BCUT2D eigenvalue weighted by molar-refractivity contribution is 5.96. The molecule has 3 aromatic carbocycles. The number of rotatable bonds is 12. The van der Waals surface area contributed by atoms with Gasteiger partial charge in [-0.1, -0.05) is 43.0 Å². The fraction of sp³-hybridized carbons (Fsp3) is 0.450. The number of piperazine rings is 1. The number of benzene rings is 3. The van der Waals surface area contributed by atoms with Gasteiger partial charge in [0.2, 0.25) is 0 Å². The molecule has 3 aliphatic rings. The van der Waals surface area contributed by atoms with E-state index in [1.807, 2.05) is 0 Å². The molecule has 4 aromatic rings. The second kappa shape index (κ2) is 14.1. The summed E-state index contributed by atoms with van der Waals surface area (Å²) in [5.41, 5.74) is 15.5. The van der Waals surface area contributed by atoms with Crippen molar-refractivity contribution in [1.82, 2.24) is 25.0 Å². The number of piperidine rings is 1. The first-order valence-electron chi connectivity index (χ1n) is 17.9. The zero-order valence-corrected chi connectivity index (χ0v) is 29.2. The molecule has 3 saturated heterocycles. The number of hydrogen-bond acceptors (Lipinski definition) is 6. The van der Waals surface area contributed by atoms with Crippen LogP contribution >= 0.6 is 0 Å². The Hall–Kier alpha value is -3.83. The van der Waals surface area contributed by atoms with Crippen molar-refractivity contribution in [2.75, 3.05) is 32.7 Å². The van der Waals surface area contributed by atoms with Crippen LogP contribution in [0.4, 0.5) is 13.2 Å². The predicted molar refractivity (Wildman–Crippen MR) is 194 cm³/mol. The van der Waals surface area contributed by atoms with Gasteiger partial charge < -0.3 is 25.7 Å². The van der Waals surface area contributed by atoms with Crippen molar-refractivity contribution in [3.63, 3.8) is 0 Å². The molecule has 2 atom stereocenters. The van der Waals surface area contributed by atoms with Gasteiger partial charge >= 0.3 is 6.36 Å². The molecule has 1 aromatic heterocycles. The molecular formula is C40H49F3N6O. The maximum atomic E-state index is 12.9. The van der Waals surface area contributed by atoms with E-state index in [-0.39, 0.29) is 11.3 Å². The predicted octanol–water partition coefficient (Wildman–Crippen LogP) is 6.86. The van der Waals surface area contributed by atoms with E-state index in [1.165, 1.54) is 40.8 Å². The van der Waals surface area contributed by atoms with Crippen molar-refractivity contribution in [2.45, 2.75) is 83.1 Å². The third-order valence-electron chi connectivity index (χ3n) is 11.2. The van der Waals surface area contributed by atoms with Crippen LogP contribution in [-0.4, -0.2) is 71.1 Å². The number of nitrogens with one attached hydrogen (secondary N) is 2. The maximum Gasteiger partial charge on any atom is 0.573 e. The Balaban J connectivity index is 1.06. The number of nitrogens with two attached hydrogens (primary N) is 1. The monoisotopic (exact) mass is 686 g/mol. The van der Waals surface area contributed by atoms with Crippen molar-refractivity contribution in [1.29, 1.82) is 0 Å². The second-order valence-corrected chi connectivity index (χ2v) is 14.6. The minimum atomic E-state index is -4.73. The van der Waals surface area contributed by atoms with Crippen LogP contribution in [0.2, 0.25) is 0 Å². The van der Waals surface area contributed by atoms with Crippen LogP contribution in [0.15, 0.2) is 79.1 Å². The molecule has 2 bridgehead atoms. The average Bonchev–Trinajstić information content (AvgIpc) is 3.77. The van der Waals surface area contributed by atoms with Gasteiger partial charge in [0.15, 0.2) is 0 Å². The van der Waals surface area contributed by atoms with E-state index in [0.717, 1.165) is 99.3 Å². The number of fused-ring (bicyclic) bond motifs is 3. The summed E-state index contributed by atoms with van der Waals surface area (Å²) in [6.45, 7) is 16.0. The molecular weight excluding hydrogens is 637 g/mol. The molecule has 3 fully saturated rings. The standard InChI is InChI=1S/C40H49F3N6O/c1-27-6-4-7-28(2)36(27)25-49-24-32-21-33(49)23-48(32)22-30-8-13-38-35(20-30)37(31-9-11-34(12-10-31)50-40(41,42)43)26-47(38)19-5-16-46-29(3)39(44)14-17-45-18-15-39/h4,6-13,20,26,32-33,45-46H,3,5,14-19,21-25,44H2,1-2H3. The van der Waals surface area contributed by atoms with Gasteiger partial charge in [0.05, 0.1) is 5.54 Å². The zero-order chi connectivity index (χ0) is 35.0. The Morgan fingerprint density at radius 3 is 2.32 bits per heavy atom. The van der Waals surface area contributed by atoms with Crippen molar-refractivity contribution >= 4 is 10.9 Å². The lowest BCUT2D eigenvalue weighted by Gasteiger charge is -2.36. The molecule has 266 valence electrons. The number of aromatic nitrogens is 1. The van der Waals surface area contributed by atoms with Gasteiger partial charge in [-0.25, -0.2) is 0 Å². The van der Waals surface area contributed by atoms with E-state index < -0.39 is 6.36 Å². The normalized spacial score (nSPS) is 20.8. The third kappa shape index (κ3) is 7.44. The quantitative estimate of drug-likeness (QED) is 0.142. The Morgan fingerprint density at radius 2 is 1.66 bits per heavy atom. The van der Waals surface area contributed by atoms with Crippen molar-refractivity contribution in [2.24, 2.45) is 5.73 Å². The van der Waals surface area contributed by atoms with Crippen LogP contribution < -0.4 is 21.1 Å². The summed E-state index contributed by atoms with van der Waals surface area (Å²) in [6.07, 6.45) is 1.20. The number of alkyl halides is 3. The average molecular weight is 687 g/mol. The molecule has 4 N–H and O–H groups in total. The number of likely N-dealkylation sites (tertiary alicyclic amines) is 2. The smallest absolute Gasteiger partial charge is 0.406 e. The first-order chi connectivity index (χ1) is 24.0. The van der Waals surface area contributed by atoms with E-state index in [1.54, 1.807) is 12.1 Å². The molecule has 3 aliphatic heterocycles. The topological polar surface area (TPSA) is 70.7 Å². The lowest BCUT2D eigenvalue weighted by atomic mass is 9.86. The summed E-state index contributed by atoms with van der Waals surface area (Å²) < 4.78 is 45.0. The Morgan fingerprint density at radius 1 is 0.980 bits per heavy atom. The van der Waals surface area contributed by atoms with E-state index >= 15 is 0 Å². The summed E-state index contributed by atoms with van der Waals surface area (Å²) in [6, 6.07) is 20.6. The summed E-state index contributed by atoms with van der Waals surface area (Å²) >= 11 is 0. The summed E-state index contributed by atoms with van der Waals surface area (Å²) in [7, 11) is 0. The SMILES string of the molecule is C=C(NCCCn1cc(-c2ccc(OC(F)(F)F)cc2)c2cc(CN3CC4CC3CN4Cc3c(C)cccc3C)ccc21)C1(N)CCNCC1. The largest absolute Gasteiger partial charge is 0.573 e. The molecule has 10 heteroatoms. The summed E-state index contributed by atoms with van der Waals surface area (Å²) in [5.74, 6) is -0.223. The summed E-state index contributed by atoms with van der Waals surface area (Å²) in [5, 5.41) is 7.94. The molecule has 4 heterocycles. The Bertz CT molecular complexity index is 1810. The highest BCUT2D eigenvalue weighted by atomic mass is 19.4. The first kappa shape index (κ1) is 34.6. The number of ether oxygens (including phenoxy) is 1. The number of aryl methyl sites for hydroxylation is 3. The molecule has 0 spiro atoms. The minimum absolute atomic E-state index is 0.223. The highest BCUT2D eigenvalue weighted by Crippen LogP contribution is 2.37. The number of hydrogen-bond donors (Lipinski definition) is 3. The van der Waals surface area contributed by atoms with E-state index in [4.69, 9.17) is 5.73 Å². The number of nitrogens with zero attached hydrogens (tertiary/aromatic N) is 3. The van der Waals surface area contributed by atoms with Crippen LogP contribution in [0.5, 0.6) is 5.75 Å². The lowest BCUT2D eigenvalue weighted by molar-refractivity contribution is -0.274. The fourth-order valence-electron chi connectivity index (χ4n) is 8.29. The molecule has 0 saturated carbocycles. The minimum Gasteiger partial charge on any atom is -0.406 e. The van der Waals surface area contributed by atoms with Crippen LogP contribution in [0.25, 0.3) is 22.0 Å². The molecule has 0 aliphatic carbocycles. The third-order valence-corrected chi connectivity index (χ3v) is 11.2. The molecule has 2 unspecified atom stereocenters. The van der Waals surface area contributed by atoms with Gasteiger partial charge in [0.25, 0.3) is 0 Å². The Kier molecular flexibility index (Phi) is 9.73. The van der Waals surface area contributed by atoms with Gasteiger partial charge in [0, 0.05) is 79.7 Å². The molecule has 50 heavy (non-hydrogen) atoms. The van der Waals surface area contributed by atoms with Crippen LogP contribution in [0.3, 0.4) is 0 Å². The van der Waals surface area contributed by atoms with Gasteiger partial charge in [-0.05, 0) is 105 Å². The Labute approximate surface area is 293 Å². The van der Waals surface area contributed by atoms with E-state index in [2.05, 4.69) is 92.8 Å². The van der Waals surface area contributed by atoms with Crippen LogP contribution in [0, 0.1) is 13.8 Å². The lowest BCUT2D eigenvalue weighted by Crippen LogP contribution is -2.53. The van der Waals surface area contributed by atoms with E-state index in [9.17, 15) is 13.2 Å². The van der Waals surface area contributed by atoms with Gasteiger partial charge in [0.1, 0.15) is 5.75 Å². The molecule has 0 radical (unpaired) electrons. The molecule has 0 amide bonds. The maximum absolute atomic E-state index is 12.9. The van der Waals surface area contributed by atoms with Crippen molar-refractivity contribution in [3.8, 4) is 16.9 Å². The second-order valence-electron chi connectivity index (χ2n) is 14.6. The van der Waals surface area contributed by atoms with Crippen LogP contribution in [0.1, 0.15) is 47.9 Å². The molecule has 7 nitrogen and oxygen atoms in total. The molecule has 7 rings (SSSR count). The summed E-state index contributed by atoms with van der Waals surface area (Å²) in [4.78, 5) is 5.28. The van der Waals surface area contributed by atoms with Crippen molar-refractivity contribution < 1.29 is 17.9 Å². The van der Waals surface area contributed by atoms with Gasteiger partial charge in [-0.2, -0.15) is 0 Å². The van der Waals surface area contributed by atoms with Crippen LogP contribution in [-0.2, 0) is 19.6 Å². The van der Waals surface area contributed by atoms with Gasteiger partial charge in [-0.3, -0.25) is 9.80 Å². The van der Waals surface area contributed by atoms with E-state index in [0.29, 0.717) is 12.1 Å². The first-order valence-corrected chi connectivity index (χ1v) is 17.9. The number of halogens is 3. The van der Waals surface area contributed by atoms with Gasteiger partial charge in [-0.15, -0.1) is 13.2 Å². The zero-order valence-electron chi connectivity index (χ0n) is 29.2. The fourth-order valence-corrected chi connectivity index (χ4v) is 8.29. The highest BCUT2D eigenvalue weighted by Gasteiger charge is 2.43.